The Morgan fingerprint density at radius 3 is 1.00 bits per heavy atom. The van der Waals surface area contributed by atoms with Crippen LogP contribution in [0.15, 0.2) is 0 Å². The Labute approximate surface area is 177 Å². The zero-order valence-electron chi connectivity index (χ0n) is 13.1. The van der Waals surface area contributed by atoms with Gasteiger partial charge in [-0.3, -0.25) is 9.13 Å². The molecule has 0 aromatic carbocycles. The average molecular weight is 286 g/mol. The van der Waals surface area contributed by atoms with E-state index in [9.17, 15) is 9.13 Å². The van der Waals surface area contributed by atoms with Gasteiger partial charge in [0.15, 0.2) is 5.40 Å². The van der Waals surface area contributed by atoms with Crippen molar-refractivity contribution in [2.24, 2.45) is 0 Å². The van der Waals surface area contributed by atoms with E-state index in [1.165, 1.54) is 0 Å². The molecule has 0 aromatic rings. The summed E-state index contributed by atoms with van der Waals surface area (Å²) in [5, 5.41) is -1.90. The predicted molar refractivity (Wildman–Crippen MR) is 38.0 cm³/mol. The summed E-state index contributed by atoms with van der Waals surface area (Å²) >= 11 is 0. The molecule has 6 nitrogen and oxygen atoms in total. The normalized spacial score (nSPS) is 10.1. The maximum atomic E-state index is 10.2. The summed E-state index contributed by atoms with van der Waals surface area (Å²) in [5.74, 6) is 0. The third-order valence-corrected chi connectivity index (χ3v) is 4.73. The molecule has 0 atom stereocenters. The van der Waals surface area contributed by atoms with Crippen molar-refractivity contribution in [1.29, 1.82) is 0 Å². The molecule has 0 saturated carbocycles. The van der Waals surface area contributed by atoms with Crippen molar-refractivity contribution in [3.8, 4) is 0 Å². The van der Waals surface area contributed by atoms with Gasteiger partial charge in [0.1, 0.15) is 0 Å². The molecule has 0 radical (unpaired) electrons. The Hall–Kier alpha value is 4.30. The molecule has 0 amide bonds. The Balaban J connectivity index is -0.0000000145. The first-order valence-corrected chi connectivity index (χ1v) is 5.62. The fraction of sp³-hybridized carbons (Fsp3) is 1.00. The second kappa shape index (κ2) is 12.3. The van der Waals surface area contributed by atoms with Gasteiger partial charge >= 0.3 is 133 Å². The molecule has 0 fully saturated rings. The van der Waals surface area contributed by atoms with Gasteiger partial charge in [0.2, 0.25) is 0 Å². The topological polar surface area (TPSA) is 115 Å². The van der Waals surface area contributed by atoms with E-state index in [2.05, 4.69) is 0 Å². The van der Waals surface area contributed by atoms with Crippen LogP contribution in [-0.4, -0.2) is 25.0 Å². The van der Waals surface area contributed by atoms with Gasteiger partial charge in [-0.2, -0.15) is 0 Å². The van der Waals surface area contributed by atoms with Crippen molar-refractivity contribution in [2.45, 2.75) is 12.3 Å². The molecule has 12 heteroatoms. The van der Waals surface area contributed by atoms with Crippen LogP contribution in [0.3, 0.4) is 0 Å². The van der Waals surface area contributed by atoms with Crippen molar-refractivity contribution < 1.29 is 153 Å². The summed E-state index contributed by atoms with van der Waals surface area (Å²) < 4.78 is 20.4. The van der Waals surface area contributed by atoms with E-state index in [0.717, 1.165) is 6.92 Å². The minimum Gasteiger partial charge on any atom is -1.00 e. The van der Waals surface area contributed by atoms with E-state index < -0.39 is 20.6 Å². The van der Waals surface area contributed by atoms with Crippen LogP contribution in [0, 0.1) is 0 Å². The van der Waals surface area contributed by atoms with Crippen LogP contribution in [0.5, 0.6) is 0 Å². The molecular weight excluding hydrogens is 274 g/mol. The van der Waals surface area contributed by atoms with E-state index in [0.29, 0.717) is 0 Å². The van der Waals surface area contributed by atoms with E-state index in [1.807, 2.05) is 0 Å². The monoisotopic (exact) mass is 286 g/mol. The van der Waals surface area contributed by atoms with Crippen LogP contribution in [-0.2, 0) is 9.13 Å². The SMILES string of the molecule is CC(P(=O)(O)O)P(=O)(O)O.[H-].[H-].[H-].[H-].[Na+].[Na+].[Na+].[Na+]. The van der Waals surface area contributed by atoms with Crippen LogP contribution in [0.2, 0.25) is 0 Å². The van der Waals surface area contributed by atoms with Gasteiger partial charge in [-0.05, 0) is 6.92 Å². The molecule has 0 aromatic heterocycles. The van der Waals surface area contributed by atoms with Crippen molar-refractivity contribution in [2.75, 3.05) is 0 Å². The Morgan fingerprint density at radius 2 is 1.00 bits per heavy atom. The standard InChI is InChI=1S/C2H8O6P2.4Na.4H/c1-2(9(3,4)5)10(6,7)8;;;;;;;;/h2H,1H3,(H2,3,4,5)(H2,6,7,8);;;;;;;;/q;4*+1;4*-1. The van der Waals surface area contributed by atoms with Crippen molar-refractivity contribution >= 4 is 15.2 Å². The largest absolute Gasteiger partial charge is 1.00 e. The molecule has 0 heterocycles. The molecule has 0 rings (SSSR count). The Bertz CT molecular complexity index is 202. The van der Waals surface area contributed by atoms with Crippen LogP contribution >= 0.6 is 15.2 Å². The van der Waals surface area contributed by atoms with Crippen LogP contribution in [0.1, 0.15) is 12.6 Å². The Kier molecular flexibility index (Phi) is 27.3. The van der Waals surface area contributed by atoms with Gasteiger partial charge in [0.25, 0.3) is 0 Å². The molecular formula is C2H12Na4O6P2. The molecule has 0 bridgehead atoms. The molecule has 0 spiro atoms. The summed E-state index contributed by atoms with van der Waals surface area (Å²) in [7, 11) is -9.28. The molecule has 4 N–H and O–H groups in total. The Morgan fingerprint density at radius 1 is 0.857 bits per heavy atom. The summed E-state index contributed by atoms with van der Waals surface area (Å²) in [6, 6.07) is 0. The zero-order valence-corrected chi connectivity index (χ0v) is 18.9. The van der Waals surface area contributed by atoms with Gasteiger partial charge in [0, 0.05) is 0 Å². The van der Waals surface area contributed by atoms with Crippen molar-refractivity contribution in [3.05, 3.63) is 0 Å². The van der Waals surface area contributed by atoms with Gasteiger partial charge in [-0.1, -0.05) is 0 Å². The number of hydrogen-bond donors (Lipinski definition) is 4. The maximum Gasteiger partial charge on any atom is 1.00 e. The molecule has 0 aliphatic rings. The zero-order chi connectivity index (χ0) is 8.58. The molecule has 0 aliphatic heterocycles. The molecule has 14 heavy (non-hydrogen) atoms. The minimum absolute atomic E-state index is 0. The van der Waals surface area contributed by atoms with E-state index in [4.69, 9.17) is 19.6 Å². The molecule has 0 saturated heterocycles. The minimum atomic E-state index is -4.64. The van der Waals surface area contributed by atoms with Crippen molar-refractivity contribution in [1.82, 2.24) is 0 Å². The molecule has 70 valence electrons. The van der Waals surface area contributed by atoms with Crippen LogP contribution < -0.4 is 118 Å². The summed E-state index contributed by atoms with van der Waals surface area (Å²) in [5.41, 5.74) is 0. The van der Waals surface area contributed by atoms with Gasteiger partial charge in [0.05, 0.1) is 0 Å². The average Bonchev–Trinajstić information content (AvgIpc) is 1.59. The van der Waals surface area contributed by atoms with E-state index in [-0.39, 0.29) is 124 Å². The quantitative estimate of drug-likeness (QED) is 0.296. The van der Waals surface area contributed by atoms with Crippen molar-refractivity contribution in [3.63, 3.8) is 0 Å². The number of hydrogen-bond acceptors (Lipinski definition) is 2. The van der Waals surface area contributed by atoms with Gasteiger partial charge in [-0.15, -0.1) is 0 Å². The first-order chi connectivity index (χ1) is 4.15. The summed E-state index contributed by atoms with van der Waals surface area (Å²) in [4.78, 5) is 33.0. The second-order valence-corrected chi connectivity index (χ2v) is 6.12. The van der Waals surface area contributed by atoms with E-state index >= 15 is 0 Å². The third-order valence-electron chi connectivity index (χ3n) is 0.974. The van der Waals surface area contributed by atoms with Gasteiger partial charge < -0.3 is 25.3 Å². The van der Waals surface area contributed by atoms with Crippen LogP contribution in [0.4, 0.5) is 0 Å². The second-order valence-electron chi connectivity index (χ2n) is 1.81. The van der Waals surface area contributed by atoms with Gasteiger partial charge in [-0.25, -0.2) is 0 Å². The predicted octanol–water partition coefficient (Wildman–Crippen LogP) is -11.8. The first-order valence-electron chi connectivity index (χ1n) is 2.26. The van der Waals surface area contributed by atoms with E-state index in [1.54, 1.807) is 0 Å². The smallest absolute Gasteiger partial charge is 1.00 e. The fourth-order valence-corrected chi connectivity index (χ4v) is 1.76. The fourth-order valence-electron chi connectivity index (χ4n) is 0.196. The maximum absolute atomic E-state index is 10.2. The molecule has 0 unspecified atom stereocenters. The third kappa shape index (κ3) is 14.4. The summed E-state index contributed by atoms with van der Waals surface area (Å²) in [6.07, 6.45) is 0. The molecule has 0 aliphatic carbocycles. The number of rotatable bonds is 2. The summed E-state index contributed by atoms with van der Waals surface area (Å²) in [6.45, 7) is 0.807. The van der Waals surface area contributed by atoms with Crippen LogP contribution in [0.25, 0.3) is 0 Å². The first kappa shape index (κ1) is 31.0.